The number of nitrogens with one attached hydrogen (secondary N) is 1. The normalized spacial score (nSPS) is 10.2. The number of ether oxygens (including phenoxy) is 2. The number of rotatable bonds is 5. The zero-order valence-electron chi connectivity index (χ0n) is 9.94. The average Bonchev–Trinajstić information content (AvgIpc) is 2.85. The fourth-order valence-electron chi connectivity index (χ4n) is 1.36. The Hall–Kier alpha value is -1.95. The van der Waals surface area contributed by atoms with Crippen LogP contribution in [0.3, 0.4) is 0 Å². The van der Waals surface area contributed by atoms with E-state index in [1.165, 1.54) is 0 Å². The lowest BCUT2D eigenvalue weighted by Gasteiger charge is -2.08. The number of alkyl halides is 1. The molecule has 0 radical (unpaired) electrons. The van der Waals surface area contributed by atoms with Gasteiger partial charge in [0, 0.05) is 23.9 Å². The van der Waals surface area contributed by atoms with Crippen molar-refractivity contribution in [1.29, 1.82) is 0 Å². The molecule has 0 saturated heterocycles. The minimum Gasteiger partial charge on any atom is -0.497 e. The zero-order valence-corrected chi connectivity index (χ0v) is 10.7. The topological polar surface area (TPSA) is 69.4 Å². The second-order valence-corrected chi connectivity index (χ2v) is 3.63. The zero-order chi connectivity index (χ0) is 13.0. The number of hydrogen-bond acceptors (Lipinski definition) is 6. The molecule has 1 aromatic heterocycles. The van der Waals surface area contributed by atoms with Crippen LogP contribution in [-0.4, -0.2) is 24.4 Å². The summed E-state index contributed by atoms with van der Waals surface area (Å²) >= 11 is 5.57. The summed E-state index contributed by atoms with van der Waals surface area (Å²) in [6.45, 7) is 0. The summed E-state index contributed by atoms with van der Waals surface area (Å²) < 4.78 is 15.5. The maximum atomic E-state index is 5.57. The van der Waals surface area contributed by atoms with Crippen molar-refractivity contribution in [1.82, 2.24) is 10.2 Å². The van der Waals surface area contributed by atoms with Crippen molar-refractivity contribution in [3.05, 3.63) is 24.1 Å². The molecule has 0 aliphatic rings. The summed E-state index contributed by atoms with van der Waals surface area (Å²) in [5.74, 6) is 1.85. The first kappa shape index (κ1) is 12.5. The molecule has 0 aliphatic heterocycles. The van der Waals surface area contributed by atoms with Crippen LogP contribution in [0.5, 0.6) is 11.5 Å². The Bertz CT molecular complexity index is 508. The van der Waals surface area contributed by atoms with Gasteiger partial charge in [0.1, 0.15) is 17.4 Å². The molecule has 96 valence electrons. The van der Waals surface area contributed by atoms with E-state index in [0.717, 1.165) is 5.69 Å². The molecule has 1 aromatic carbocycles. The largest absolute Gasteiger partial charge is 0.497 e. The van der Waals surface area contributed by atoms with E-state index in [0.29, 0.717) is 17.4 Å². The minimum atomic E-state index is 0.177. The summed E-state index contributed by atoms with van der Waals surface area (Å²) in [6, 6.07) is 5.60. The molecule has 1 N–H and O–H groups in total. The third-order valence-corrected chi connectivity index (χ3v) is 2.41. The molecule has 0 saturated carbocycles. The van der Waals surface area contributed by atoms with Crippen LogP contribution in [0.2, 0.25) is 0 Å². The summed E-state index contributed by atoms with van der Waals surface area (Å²) in [5, 5.41) is 10.5. The lowest BCUT2D eigenvalue weighted by Crippen LogP contribution is -1.93. The Kier molecular flexibility index (Phi) is 3.88. The molecule has 7 heteroatoms. The fraction of sp³-hybridized carbons (Fsp3) is 0.273. The maximum Gasteiger partial charge on any atom is 0.320 e. The lowest BCUT2D eigenvalue weighted by atomic mass is 10.3. The van der Waals surface area contributed by atoms with Crippen LogP contribution in [0.4, 0.5) is 11.7 Å². The van der Waals surface area contributed by atoms with Crippen LogP contribution in [0, 0.1) is 0 Å². The molecule has 0 atom stereocenters. The molecule has 2 aromatic rings. The highest BCUT2D eigenvalue weighted by Crippen LogP contribution is 2.27. The summed E-state index contributed by atoms with van der Waals surface area (Å²) in [5.41, 5.74) is 0.718. The van der Waals surface area contributed by atoms with Gasteiger partial charge in [0.15, 0.2) is 0 Å². The van der Waals surface area contributed by atoms with Crippen LogP contribution in [0.15, 0.2) is 22.6 Å². The van der Waals surface area contributed by atoms with E-state index in [1.54, 1.807) is 32.4 Å². The van der Waals surface area contributed by atoms with Gasteiger partial charge >= 0.3 is 6.01 Å². The highest BCUT2D eigenvalue weighted by molar-refractivity contribution is 6.16. The third-order valence-electron chi connectivity index (χ3n) is 2.18. The Labute approximate surface area is 109 Å². The Morgan fingerprint density at radius 1 is 1.17 bits per heavy atom. The first-order valence-electron chi connectivity index (χ1n) is 5.13. The predicted molar refractivity (Wildman–Crippen MR) is 66.7 cm³/mol. The van der Waals surface area contributed by atoms with Crippen LogP contribution in [0.1, 0.15) is 5.89 Å². The second-order valence-electron chi connectivity index (χ2n) is 3.36. The van der Waals surface area contributed by atoms with Gasteiger partial charge in [-0.2, -0.15) is 0 Å². The monoisotopic (exact) mass is 269 g/mol. The van der Waals surface area contributed by atoms with Gasteiger partial charge in [-0.1, -0.05) is 5.10 Å². The number of benzene rings is 1. The van der Waals surface area contributed by atoms with E-state index in [4.69, 9.17) is 25.5 Å². The number of nitrogens with zero attached hydrogens (tertiary/aromatic N) is 2. The van der Waals surface area contributed by atoms with Crippen molar-refractivity contribution in [2.75, 3.05) is 19.5 Å². The van der Waals surface area contributed by atoms with Crippen molar-refractivity contribution in [2.24, 2.45) is 0 Å². The molecule has 6 nitrogen and oxygen atoms in total. The molecule has 0 spiro atoms. The summed E-state index contributed by atoms with van der Waals surface area (Å²) in [7, 11) is 3.16. The highest BCUT2D eigenvalue weighted by Gasteiger charge is 2.07. The van der Waals surface area contributed by atoms with Crippen molar-refractivity contribution < 1.29 is 13.9 Å². The van der Waals surface area contributed by atoms with Crippen molar-refractivity contribution in [3.63, 3.8) is 0 Å². The second kappa shape index (κ2) is 5.59. The molecule has 1 heterocycles. The molecular formula is C11H12ClN3O3. The molecular weight excluding hydrogens is 258 g/mol. The molecule has 0 fully saturated rings. The van der Waals surface area contributed by atoms with E-state index in [1.807, 2.05) is 0 Å². The summed E-state index contributed by atoms with van der Waals surface area (Å²) in [4.78, 5) is 0. The first-order chi connectivity index (χ1) is 8.75. The van der Waals surface area contributed by atoms with Gasteiger partial charge in [0.2, 0.25) is 5.89 Å². The van der Waals surface area contributed by atoms with Crippen molar-refractivity contribution in [2.45, 2.75) is 5.88 Å². The summed E-state index contributed by atoms with van der Waals surface area (Å²) in [6.07, 6.45) is 0. The molecule has 0 aliphatic carbocycles. The Balaban J connectivity index is 2.22. The number of anilines is 2. The predicted octanol–water partition coefficient (Wildman–Crippen LogP) is 2.57. The number of aromatic nitrogens is 2. The van der Waals surface area contributed by atoms with Crippen molar-refractivity contribution in [3.8, 4) is 11.5 Å². The highest BCUT2D eigenvalue weighted by atomic mass is 35.5. The molecule has 0 unspecified atom stereocenters. The van der Waals surface area contributed by atoms with E-state index in [-0.39, 0.29) is 11.9 Å². The molecule has 18 heavy (non-hydrogen) atoms. The fourth-order valence-corrected chi connectivity index (χ4v) is 1.47. The minimum absolute atomic E-state index is 0.177. The van der Waals surface area contributed by atoms with E-state index < -0.39 is 0 Å². The van der Waals surface area contributed by atoms with Gasteiger partial charge in [-0.3, -0.25) is 0 Å². The number of methoxy groups -OCH3 is 2. The van der Waals surface area contributed by atoms with E-state index in [9.17, 15) is 0 Å². The van der Waals surface area contributed by atoms with Crippen LogP contribution in [-0.2, 0) is 5.88 Å². The smallest absolute Gasteiger partial charge is 0.320 e. The lowest BCUT2D eigenvalue weighted by molar-refractivity contribution is 0.394. The first-order valence-corrected chi connectivity index (χ1v) is 5.67. The van der Waals surface area contributed by atoms with Gasteiger partial charge in [0.25, 0.3) is 0 Å². The van der Waals surface area contributed by atoms with Crippen LogP contribution < -0.4 is 14.8 Å². The van der Waals surface area contributed by atoms with E-state index >= 15 is 0 Å². The molecule has 0 bridgehead atoms. The van der Waals surface area contributed by atoms with Gasteiger partial charge in [-0.15, -0.1) is 16.7 Å². The average molecular weight is 270 g/mol. The van der Waals surface area contributed by atoms with Gasteiger partial charge < -0.3 is 19.2 Å². The molecule has 0 amide bonds. The maximum absolute atomic E-state index is 5.57. The third kappa shape index (κ3) is 2.84. The van der Waals surface area contributed by atoms with Gasteiger partial charge in [-0.25, -0.2) is 0 Å². The van der Waals surface area contributed by atoms with Gasteiger partial charge in [-0.05, 0) is 0 Å². The number of halogens is 1. The van der Waals surface area contributed by atoms with Crippen LogP contribution in [0.25, 0.3) is 0 Å². The number of hydrogen-bond donors (Lipinski definition) is 1. The van der Waals surface area contributed by atoms with Crippen molar-refractivity contribution >= 4 is 23.3 Å². The van der Waals surface area contributed by atoms with Gasteiger partial charge in [0.05, 0.1) is 14.2 Å². The Morgan fingerprint density at radius 2 is 1.83 bits per heavy atom. The molecule has 2 rings (SSSR count). The standard InChI is InChI=1S/C11H12ClN3O3/c1-16-8-3-7(4-9(5-8)17-2)13-11-15-14-10(6-12)18-11/h3-5H,6H2,1-2H3,(H,13,15). The van der Waals surface area contributed by atoms with Crippen LogP contribution >= 0.6 is 11.6 Å². The quantitative estimate of drug-likeness (QED) is 0.842. The van der Waals surface area contributed by atoms with E-state index in [2.05, 4.69) is 15.5 Å². The Morgan fingerprint density at radius 3 is 2.33 bits per heavy atom. The SMILES string of the molecule is COc1cc(Nc2nnc(CCl)o2)cc(OC)c1.